The molecule has 0 saturated heterocycles. The lowest BCUT2D eigenvalue weighted by atomic mass is 10.1. The van der Waals surface area contributed by atoms with E-state index in [4.69, 9.17) is 9.84 Å². The molecule has 1 N–H and O–H groups in total. The van der Waals surface area contributed by atoms with Gasteiger partial charge in [-0.15, -0.1) is 0 Å². The molecule has 0 aromatic rings. The highest BCUT2D eigenvalue weighted by Crippen LogP contribution is 2.11. The van der Waals surface area contributed by atoms with Crippen molar-refractivity contribution >= 4 is 5.97 Å². The fourth-order valence-electron chi connectivity index (χ4n) is 1.95. The monoisotopic (exact) mass is 256 g/mol. The van der Waals surface area contributed by atoms with Gasteiger partial charge in [-0.2, -0.15) is 0 Å². The summed E-state index contributed by atoms with van der Waals surface area (Å²) in [5, 5.41) is 8.72. The fourth-order valence-corrected chi connectivity index (χ4v) is 1.95. The molecule has 0 spiro atoms. The predicted molar refractivity (Wildman–Crippen MR) is 74.6 cm³/mol. The molecule has 0 aliphatic carbocycles. The summed E-state index contributed by atoms with van der Waals surface area (Å²) in [6.07, 6.45) is 14.0. The molecule has 0 atom stereocenters. The first kappa shape index (κ1) is 17.0. The van der Waals surface area contributed by atoms with E-state index in [2.05, 4.69) is 6.92 Å². The zero-order chi connectivity index (χ0) is 13.6. The number of allylic oxidation sites excluding steroid dienone is 1. The highest BCUT2D eigenvalue weighted by molar-refractivity contribution is 5.84. The minimum Gasteiger partial charge on any atom is -0.490 e. The van der Waals surface area contributed by atoms with Gasteiger partial charge in [0, 0.05) is 0 Å². The zero-order valence-electron chi connectivity index (χ0n) is 11.9. The molecule has 0 aliphatic rings. The second kappa shape index (κ2) is 12.5. The van der Waals surface area contributed by atoms with Crippen molar-refractivity contribution in [2.75, 3.05) is 7.11 Å². The van der Waals surface area contributed by atoms with E-state index in [0.29, 0.717) is 0 Å². The number of carboxylic acids is 1. The Bertz CT molecular complexity index is 234. The normalized spacial score (nSPS) is 11.6. The van der Waals surface area contributed by atoms with Crippen molar-refractivity contribution < 1.29 is 14.6 Å². The van der Waals surface area contributed by atoms with Gasteiger partial charge in [-0.05, 0) is 18.9 Å². The van der Waals surface area contributed by atoms with E-state index in [9.17, 15) is 4.79 Å². The van der Waals surface area contributed by atoms with Crippen molar-refractivity contribution in [2.45, 2.75) is 71.1 Å². The van der Waals surface area contributed by atoms with Crippen LogP contribution < -0.4 is 0 Å². The van der Waals surface area contributed by atoms with Gasteiger partial charge in [-0.1, -0.05) is 58.3 Å². The first-order valence-corrected chi connectivity index (χ1v) is 7.19. The van der Waals surface area contributed by atoms with Crippen molar-refractivity contribution in [3.05, 3.63) is 11.8 Å². The Morgan fingerprint density at radius 1 is 1.00 bits per heavy atom. The standard InChI is InChI=1S/C15H28O3/c1-3-4-5-6-7-8-9-10-11-12-13-14(18-2)15(16)17/h13H,3-12H2,1-2H3,(H,16,17). The number of methoxy groups -OCH3 is 1. The summed E-state index contributed by atoms with van der Waals surface area (Å²) in [7, 11) is 1.40. The second-order valence-electron chi connectivity index (χ2n) is 4.69. The first-order chi connectivity index (χ1) is 8.72. The molecule has 106 valence electrons. The minimum atomic E-state index is -0.978. The number of hydrogen-bond acceptors (Lipinski definition) is 2. The average molecular weight is 256 g/mol. The van der Waals surface area contributed by atoms with Crippen LogP contribution in [-0.4, -0.2) is 18.2 Å². The van der Waals surface area contributed by atoms with E-state index in [-0.39, 0.29) is 5.76 Å². The van der Waals surface area contributed by atoms with Gasteiger partial charge in [0.2, 0.25) is 0 Å². The predicted octanol–water partition coefficient (Wildman–Crippen LogP) is 4.52. The Balaban J connectivity index is 3.32. The number of carboxylic acid groups (broad SMARTS) is 1. The summed E-state index contributed by atoms with van der Waals surface area (Å²) in [6, 6.07) is 0. The molecule has 0 aromatic carbocycles. The summed E-state index contributed by atoms with van der Waals surface area (Å²) in [4.78, 5) is 10.6. The molecule has 0 aliphatic heterocycles. The third-order valence-electron chi connectivity index (χ3n) is 3.07. The van der Waals surface area contributed by atoms with Gasteiger partial charge in [0.05, 0.1) is 7.11 Å². The Morgan fingerprint density at radius 2 is 1.50 bits per heavy atom. The largest absolute Gasteiger partial charge is 0.490 e. The van der Waals surface area contributed by atoms with Gasteiger partial charge in [0.1, 0.15) is 0 Å². The molecule has 0 heterocycles. The fraction of sp³-hybridized carbons (Fsp3) is 0.800. The summed E-state index contributed by atoms with van der Waals surface area (Å²) >= 11 is 0. The molecule has 18 heavy (non-hydrogen) atoms. The van der Waals surface area contributed by atoms with E-state index < -0.39 is 5.97 Å². The first-order valence-electron chi connectivity index (χ1n) is 7.19. The number of ether oxygens (including phenoxy) is 1. The van der Waals surface area contributed by atoms with E-state index in [1.807, 2.05) is 0 Å². The quantitative estimate of drug-likeness (QED) is 0.317. The van der Waals surface area contributed by atoms with E-state index in [1.165, 1.54) is 58.5 Å². The van der Waals surface area contributed by atoms with Crippen LogP contribution in [0.5, 0.6) is 0 Å². The molecule has 0 amide bonds. The average Bonchev–Trinajstić information content (AvgIpc) is 2.35. The SMILES string of the molecule is CCCCCCCCCCCC=C(OC)C(=O)O. The molecular formula is C15H28O3. The third kappa shape index (κ3) is 10.2. The topological polar surface area (TPSA) is 46.5 Å². The van der Waals surface area contributed by atoms with Crippen LogP contribution in [0, 0.1) is 0 Å². The van der Waals surface area contributed by atoms with Crippen LogP contribution >= 0.6 is 0 Å². The number of aliphatic carboxylic acids is 1. The van der Waals surface area contributed by atoms with Gasteiger partial charge in [-0.25, -0.2) is 4.79 Å². The summed E-state index contributed by atoms with van der Waals surface area (Å²) < 4.78 is 4.76. The van der Waals surface area contributed by atoms with Crippen LogP contribution in [0.4, 0.5) is 0 Å². The molecule has 0 aromatic heterocycles. The number of rotatable bonds is 12. The van der Waals surface area contributed by atoms with Crippen LogP contribution in [0.25, 0.3) is 0 Å². The van der Waals surface area contributed by atoms with E-state index >= 15 is 0 Å². The Morgan fingerprint density at radius 3 is 1.94 bits per heavy atom. The molecule has 3 nitrogen and oxygen atoms in total. The number of hydrogen-bond donors (Lipinski definition) is 1. The lowest BCUT2D eigenvalue weighted by Gasteiger charge is -2.02. The van der Waals surface area contributed by atoms with Gasteiger partial charge in [0.15, 0.2) is 5.76 Å². The van der Waals surface area contributed by atoms with Gasteiger partial charge >= 0.3 is 5.97 Å². The maximum Gasteiger partial charge on any atom is 0.370 e. The highest BCUT2D eigenvalue weighted by atomic mass is 16.5. The van der Waals surface area contributed by atoms with Crippen LogP contribution in [0.1, 0.15) is 71.1 Å². The van der Waals surface area contributed by atoms with Gasteiger partial charge in [0.25, 0.3) is 0 Å². The van der Waals surface area contributed by atoms with Crippen LogP contribution in [0.15, 0.2) is 11.8 Å². The molecular weight excluding hydrogens is 228 g/mol. The van der Waals surface area contributed by atoms with Crippen molar-refractivity contribution in [1.82, 2.24) is 0 Å². The maximum atomic E-state index is 10.6. The van der Waals surface area contributed by atoms with E-state index in [0.717, 1.165) is 12.8 Å². The van der Waals surface area contributed by atoms with Crippen molar-refractivity contribution in [3.63, 3.8) is 0 Å². The van der Waals surface area contributed by atoms with Crippen LogP contribution in [0.2, 0.25) is 0 Å². The minimum absolute atomic E-state index is 0.0644. The maximum absolute atomic E-state index is 10.6. The molecule has 0 unspecified atom stereocenters. The number of carbonyl (C=O) groups is 1. The zero-order valence-corrected chi connectivity index (χ0v) is 11.9. The molecule has 0 radical (unpaired) electrons. The Hall–Kier alpha value is -0.990. The van der Waals surface area contributed by atoms with Crippen molar-refractivity contribution in [1.29, 1.82) is 0 Å². The molecule has 0 saturated carbocycles. The van der Waals surface area contributed by atoms with Crippen LogP contribution in [0.3, 0.4) is 0 Å². The Kier molecular flexibility index (Phi) is 11.8. The van der Waals surface area contributed by atoms with Crippen molar-refractivity contribution in [2.24, 2.45) is 0 Å². The Labute approximate surface area is 111 Å². The third-order valence-corrected chi connectivity index (χ3v) is 3.07. The lowest BCUT2D eigenvalue weighted by Crippen LogP contribution is -2.02. The second-order valence-corrected chi connectivity index (χ2v) is 4.69. The summed E-state index contributed by atoms with van der Waals surface area (Å²) in [6.45, 7) is 2.24. The molecule has 0 rings (SSSR count). The highest BCUT2D eigenvalue weighted by Gasteiger charge is 2.04. The molecule has 3 heteroatoms. The van der Waals surface area contributed by atoms with E-state index in [1.54, 1.807) is 6.08 Å². The number of unbranched alkanes of at least 4 members (excludes halogenated alkanes) is 9. The van der Waals surface area contributed by atoms with Crippen molar-refractivity contribution in [3.8, 4) is 0 Å². The lowest BCUT2D eigenvalue weighted by molar-refractivity contribution is -0.136. The van der Waals surface area contributed by atoms with Gasteiger partial charge in [-0.3, -0.25) is 0 Å². The summed E-state index contributed by atoms with van der Waals surface area (Å²) in [5.41, 5.74) is 0. The van der Waals surface area contributed by atoms with Gasteiger partial charge < -0.3 is 9.84 Å². The molecule has 0 fully saturated rings. The summed E-state index contributed by atoms with van der Waals surface area (Å²) in [5.74, 6) is -0.914. The smallest absolute Gasteiger partial charge is 0.370 e. The van der Waals surface area contributed by atoms with Crippen LogP contribution in [-0.2, 0) is 9.53 Å². The molecule has 0 bridgehead atoms.